The predicted molar refractivity (Wildman–Crippen MR) is 87.4 cm³/mol. The third-order valence-electron chi connectivity index (χ3n) is 5.64. The minimum absolute atomic E-state index is 0.0150. The van der Waals surface area contributed by atoms with Crippen LogP contribution in [0.25, 0.3) is 0 Å². The number of ether oxygens (including phenoxy) is 2. The Morgan fingerprint density at radius 1 is 0.958 bits per heavy atom. The second kappa shape index (κ2) is 5.65. The summed E-state index contributed by atoms with van der Waals surface area (Å²) in [5.74, 6) is 1.36. The Labute approximate surface area is 141 Å². The molecule has 4 aliphatic rings. The summed E-state index contributed by atoms with van der Waals surface area (Å²) in [7, 11) is 3.16. The van der Waals surface area contributed by atoms with Crippen LogP contribution in [-0.2, 0) is 16.1 Å². The van der Waals surface area contributed by atoms with E-state index in [0.29, 0.717) is 18.0 Å². The zero-order chi connectivity index (χ0) is 16.8. The van der Waals surface area contributed by atoms with E-state index >= 15 is 0 Å². The van der Waals surface area contributed by atoms with Gasteiger partial charge in [-0.25, -0.2) is 0 Å². The molecule has 1 aromatic carbocycles. The van der Waals surface area contributed by atoms with E-state index in [1.807, 2.05) is 12.1 Å². The average molecular weight is 327 g/mol. The zero-order valence-electron chi connectivity index (χ0n) is 13.9. The highest BCUT2D eigenvalue weighted by molar-refractivity contribution is 6.06. The number of amides is 2. The summed E-state index contributed by atoms with van der Waals surface area (Å²) in [5.41, 5.74) is 0.869. The molecule has 2 amide bonds. The minimum atomic E-state index is -0.151. The van der Waals surface area contributed by atoms with Gasteiger partial charge in [0.1, 0.15) is 0 Å². The summed E-state index contributed by atoms with van der Waals surface area (Å²) in [5, 5.41) is 0. The van der Waals surface area contributed by atoms with Crippen LogP contribution in [0.2, 0.25) is 0 Å². The largest absolute Gasteiger partial charge is 0.493 e. The number of methoxy groups -OCH3 is 2. The molecule has 2 unspecified atom stereocenters. The van der Waals surface area contributed by atoms with Gasteiger partial charge in [0.15, 0.2) is 11.5 Å². The molecule has 1 aromatic rings. The molecule has 0 radical (unpaired) electrons. The molecular formula is C19H21NO4. The molecule has 1 saturated heterocycles. The van der Waals surface area contributed by atoms with Gasteiger partial charge in [-0.1, -0.05) is 18.2 Å². The van der Waals surface area contributed by atoms with Gasteiger partial charge in [0.2, 0.25) is 11.8 Å². The van der Waals surface area contributed by atoms with Gasteiger partial charge in [-0.3, -0.25) is 14.5 Å². The fourth-order valence-electron chi connectivity index (χ4n) is 4.45. The molecule has 1 heterocycles. The first-order chi connectivity index (χ1) is 11.6. The van der Waals surface area contributed by atoms with Crippen LogP contribution in [0.4, 0.5) is 0 Å². The van der Waals surface area contributed by atoms with Crippen molar-refractivity contribution in [2.75, 3.05) is 14.2 Å². The monoisotopic (exact) mass is 327 g/mol. The maximum atomic E-state index is 12.8. The van der Waals surface area contributed by atoms with Gasteiger partial charge in [-0.2, -0.15) is 0 Å². The van der Waals surface area contributed by atoms with E-state index in [-0.39, 0.29) is 35.5 Å². The molecule has 2 fully saturated rings. The molecule has 2 bridgehead atoms. The molecule has 126 valence electrons. The summed E-state index contributed by atoms with van der Waals surface area (Å²) in [6.07, 6.45) is 6.32. The van der Waals surface area contributed by atoms with Crippen LogP contribution < -0.4 is 9.47 Å². The van der Waals surface area contributed by atoms with Crippen molar-refractivity contribution in [2.24, 2.45) is 23.7 Å². The van der Waals surface area contributed by atoms with Gasteiger partial charge in [-0.15, -0.1) is 0 Å². The molecule has 1 aliphatic heterocycles. The van der Waals surface area contributed by atoms with E-state index in [2.05, 4.69) is 12.2 Å². The molecule has 5 nitrogen and oxygen atoms in total. The van der Waals surface area contributed by atoms with Gasteiger partial charge in [0.25, 0.3) is 0 Å². The number of likely N-dealkylation sites (tertiary alicyclic amines) is 1. The van der Waals surface area contributed by atoms with E-state index in [1.54, 1.807) is 20.3 Å². The number of carbonyl (C=O) groups is 2. The summed E-state index contributed by atoms with van der Waals surface area (Å²) in [6.45, 7) is 0.296. The number of imide groups is 1. The van der Waals surface area contributed by atoms with Crippen molar-refractivity contribution in [3.05, 3.63) is 35.9 Å². The number of carbonyl (C=O) groups excluding carboxylic acids is 2. The number of allylic oxidation sites excluding steroid dienone is 2. The normalized spacial score (nSPS) is 30.7. The van der Waals surface area contributed by atoms with Crippen LogP contribution in [0, 0.1) is 23.7 Å². The van der Waals surface area contributed by atoms with Crippen molar-refractivity contribution in [1.29, 1.82) is 0 Å². The lowest BCUT2D eigenvalue weighted by molar-refractivity contribution is -0.140. The second-order valence-electron chi connectivity index (χ2n) is 6.79. The molecular weight excluding hydrogens is 306 g/mol. The molecule has 5 heteroatoms. The van der Waals surface area contributed by atoms with Gasteiger partial charge >= 0.3 is 0 Å². The topological polar surface area (TPSA) is 55.8 Å². The summed E-state index contributed by atoms with van der Waals surface area (Å²) < 4.78 is 10.5. The smallest absolute Gasteiger partial charge is 0.234 e. The van der Waals surface area contributed by atoms with E-state index in [9.17, 15) is 9.59 Å². The minimum Gasteiger partial charge on any atom is -0.493 e. The number of nitrogens with zero attached hydrogens (tertiary/aromatic N) is 1. The van der Waals surface area contributed by atoms with Crippen LogP contribution in [0.5, 0.6) is 11.5 Å². The Morgan fingerprint density at radius 3 is 2.04 bits per heavy atom. The van der Waals surface area contributed by atoms with E-state index in [1.165, 1.54) is 4.90 Å². The lowest BCUT2D eigenvalue weighted by atomic mass is 9.63. The predicted octanol–water partition coefficient (Wildman–Crippen LogP) is 2.40. The number of benzene rings is 1. The molecule has 24 heavy (non-hydrogen) atoms. The fraction of sp³-hybridized carbons (Fsp3) is 0.474. The van der Waals surface area contributed by atoms with E-state index in [4.69, 9.17) is 9.47 Å². The maximum absolute atomic E-state index is 12.8. The van der Waals surface area contributed by atoms with Crippen LogP contribution in [0.1, 0.15) is 18.4 Å². The first-order valence-corrected chi connectivity index (χ1v) is 8.38. The third kappa shape index (κ3) is 2.14. The van der Waals surface area contributed by atoms with Crippen LogP contribution in [0.15, 0.2) is 30.4 Å². The lowest BCUT2D eigenvalue weighted by Gasteiger charge is -2.38. The van der Waals surface area contributed by atoms with E-state index in [0.717, 1.165) is 18.4 Å². The van der Waals surface area contributed by atoms with Crippen LogP contribution in [-0.4, -0.2) is 30.9 Å². The number of rotatable bonds is 4. The fourth-order valence-corrected chi connectivity index (χ4v) is 4.45. The Balaban J connectivity index is 1.60. The number of hydrogen-bond donors (Lipinski definition) is 0. The highest BCUT2D eigenvalue weighted by Gasteiger charge is 2.56. The summed E-state index contributed by atoms with van der Waals surface area (Å²) in [6, 6.07) is 5.50. The van der Waals surface area contributed by atoms with Crippen LogP contribution in [0.3, 0.4) is 0 Å². The Kier molecular flexibility index (Phi) is 3.59. The van der Waals surface area contributed by atoms with Crippen molar-refractivity contribution in [2.45, 2.75) is 19.4 Å². The van der Waals surface area contributed by atoms with Crippen molar-refractivity contribution in [3.8, 4) is 11.5 Å². The maximum Gasteiger partial charge on any atom is 0.234 e. The van der Waals surface area contributed by atoms with Crippen molar-refractivity contribution < 1.29 is 19.1 Å². The first-order valence-electron chi connectivity index (χ1n) is 8.38. The number of hydrogen-bond acceptors (Lipinski definition) is 4. The summed E-state index contributed by atoms with van der Waals surface area (Å²) in [4.78, 5) is 27.1. The Hall–Kier alpha value is -2.30. The zero-order valence-corrected chi connectivity index (χ0v) is 13.9. The van der Waals surface area contributed by atoms with Crippen LogP contribution >= 0.6 is 0 Å². The highest BCUT2D eigenvalue weighted by Crippen LogP contribution is 2.49. The SMILES string of the molecule is COc1ccc(CN2C(=O)[C@@H]3C4C=CC(CC4)[C@@H]3C2=O)cc1OC. The summed E-state index contributed by atoms with van der Waals surface area (Å²) >= 11 is 0. The molecule has 0 N–H and O–H groups in total. The molecule has 5 rings (SSSR count). The van der Waals surface area contributed by atoms with Gasteiger partial charge in [0, 0.05) is 0 Å². The quantitative estimate of drug-likeness (QED) is 0.629. The lowest BCUT2D eigenvalue weighted by Crippen LogP contribution is -2.38. The standard InChI is InChI=1S/C19H21NO4/c1-23-14-8-3-11(9-15(14)24-2)10-20-18(21)16-12-4-5-13(7-6-12)17(16)19(20)22/h3-5,8-9,12-13,16-17H,6-7,10H2,1-2H3/t12?,13?,16-,17+. The third-order valence-corrected chi connectivity index (χ3v) is 5.64. The van der Waals surface area contributed by atoms with Gasteiger partial charge in [0.05, 0.1) is 32.6 Å². The van der Waals surface area contributed by atoms with Crippen molar-refractivity contribution >= 4 is 11.8 Å². The molecule has 0 aromatic heterocycles. The van der Waals surface area contributed by atoms with Crippen molar-refractivity contribution in [3.63, 3.8) is 0 Å². The molecule has 3 aliphatic carbocycles. The average Bonchev–Trinajstić information content (AvgIpc) is 2.89. The first kappa shape index (κ1) is 15.2. The number of fused-ring (bicyclic) bond motifs is 1. The molecule has 0 spiro atoms. The highest BCUT2D eigenvalue weighted by atomic mass is 16.5. The second-order valence-corrected chi connectivity index (χ2v) is 6.79. The van der Waals surface area contributed by atoms with Gasteiger partial charge < -0.3 is 9.47 Å². The van der Waals surface area contributed by atoms with Crippen molar-refractivity contribution in [1.82, 2.24) is 4.90 Å². The molecule has 4 atom stereocenters. The Morgan fingerprint density at radius 2 is 1.54 bits per heavy atom. The Bertz CT molecular complexity index is 694. The van der Waals surface area contributed by atoms with Gasteiger partial charge in [-0.05, 0) is 42.4 Å². The van der Waals surface area contributed by atoms with E-state index < -0.39 is 0 Å². The molecule has 1 saturated carbocycles.